The molecule has 0 aromatic carbocycles. The van der Waals surface area contributed by atoms with Gasteiger partial charge in [-0.15, -0.1) is 0 Å². The van der Waals surface area contributed by atoms with Crippen molar-refractivity contribution in [2.75, 3.05) is 33.0 Å². The summed E-state index contributed by atoms with van der Waals surface area (Å²) in [5.41, 5.74) is -0.628. The van der Waals surface area contributed by atoms with E-state index >= 15 is 0 Å². The van der Waals surface area contributed by atoms with E-state index in [4.69, 9.17) is 4.74 Å². The molecule has 0 unspecified atom stereocenters. The van der Waals surface area contributed by atoms with Crippen LogP contribution in [0.2, 0.25) is 0 Å². The van der Waals surface area contributed by atoms with Crippen LogP contribution in [0.1, 0.15) is 39.5 Å². The minimum Gasteiger partial charge on any atom is -0.368 e. The summed E-state index contributed by atoms with van der Waals surface area (Å²) in [6.07, 6.45) is 5.74. The Balaban J connectivity index is 2.62. The Labute approximate surface area is 121 Å². The van der Waals surface area contributed by atoms with Gasteiger partial charge in [-0.05, 0) is 45.0 Å². The summed E-state index contributed by atoms with van der Waals surface area (Å²) in [5.74, 6) is 0.0526. The minimum atomic E-state index is -0.628. The van der Waals surface area contributed by atoms with Gasteiger partial charge in [-0.2, -0.15) is 11.8 Å². The number of methoxy groups -OCH3 is 1. The average Bonchev–Trinajstić information content (AvgIpc) is 2.49. The van der Waals surface area contributed by atoms with Crippen molar-refractivity contribution in [1.82, 2.24) is 10.6 Å². The average molecular weight is 288 g/mol. The van der Waals surface area contributed by atoms with Crippen LogP contribution >= 0.6 is 11.8 Å². The molecule has 19 heavy (non-hydrogen) atoms. The number of piperidine rings is 1. The Kier molecular flexibility index (Phi) is 6.63. The molecule has 0 aromatic heterocycles. The van der Waals surface area contributed by atoms with Gasteiger partial charge in [0.15, 0.2) is 0 Å². The first-order valence-electron chi connectivity index (χ1n) is 7.17. The first-order valence-corrected chi connectivity index (χ1v) is 8.40. The van der Waals surface area contributed by atoms with E-state index in [2.05, 4.69) is 30.7 Å². The van der Waals surface area contributed by atoms with Gasteiger partial charge in [-0.25, -0.2) is 0 Å². The molecule has 1 rings (SSSR count). The maximum absolute atomic E-state index is 12.5. The fourth-order valence-electron chi connectivity index (χ4n) is 2.62. The van der Waals surface area contributed by atoms with Gasteiger partial charge >= 0.3 is 0 Å². The van der Waals surface area contributed by atoms with Gasteiger partial charge in [0.1, 0.15) is 5.60 Å². The van der Waals surface area contributed by atoms with Gasteiger partial charge in [-0.3, -0.25) is 4.79 Å². The van der Waals surface area contributed by atoms with Gasteiger partial charge in [0.2, 0.25) is 0 Å². The lowest BCUT2D eigenvalue weighted by molar-refractivity contribution is -0.146. The van der Waals surface area contributed by atoms with Gasteiger partial charge in [0, 0.05) is 18.4 Å². The van der Waals surface area contributed by atoms with Crippen molar-refractivity contribution in [1.29, 1.82) is 0 Å². The molecule has 0 atom stereocenters. The van der Waals surface area contributed by atoms with Crippen LogP contribution in [0, 0.1) is 0 Å². The Bertz CT molecular complexity index is 279. The highest BCUT2D eigenvalue weighted by Gasteiger charge is 2.40. The summed E-state index contributed by atoms with van der Waals surface area (Å²) in [5, 5.41) is 6.40. The topological polar surface area (TPSA) is 50.4 Å². The van der Waals surface area contributed by atoms with Gasteiger partial charge in [-0.1, -0.05) is 13.8 Å². The maximum Gasteiger partial charge on any atom is 0.252 e. The van der Waals surface area contributed by atoms with E-state index in [1.165, 1.54) is 0 Å². The molecule has 1 amide bonds. The smallest absolute Gasteiger partial charge is 0.252 e. The lowest BCUT2D eigenvalue weighted by Gasteiger charge is -2.37. The maximum atomic E-state index is 12.5. The van der Waals surface area contributed by atoms with Gasteiger partial charge < -0.3 is 15.4 Å². The largest absolute Gasteiger partial charge is 0.368 e. The standard InChI is InChI=1S/C14H28N2O2S/c1-5-13(6-2,19-4)11-16-12(17)14(18-3)7-9-15-10-8-14/h15H,5-11H2,1-4H3,(H,16,17). The lowest BCUT2D eigenvalue weighted by Crippen LogP contribution is -2.56. The summed E-state index contributed by atoms with van der Waals surface area (Å²) in [6.45, 7) is 6.77. The van der Waals surface area contributed by atoms with E-state index in [9.17, 15) is 4.79 Å². The van der Waals surface area contributed by atoms with Crippen molar-refractivity contribution >= 4 is 17.7 Å². The van der Waals surface area contributed by atoms with E-state index in [1.807, 2.05) is 11.8 Å². The number of rotatable bonds is 7. The highest BCUT2D eigenvalue weighted by Crippen LogP contribution is 2.30. The van der Waals surface area contributed by atoms with Crippen LogP contribution in [-0.4, -0.2) is 49.3 Å². The molecular formula is C14H28N2O2S. The molecule has 112 valence electrons. The third-order valence-electron chi connectivity index (χ3n) is 4.51. The fourth-order valence-corrected chi connectivity index (χ4v) is 3.41. The second-order valence-corrected chi connectivity index (χ2v) is 6.50. The molecule has 0 radical (unpaired) electrons. The van der Waals surface area contributed by atoms with Gasteiger partial charge in [0.05, 0.1) is 0 Å². The fraction of sp³-hybridized carbons (Fsp3) is 0.929. The summed E-state index contributed by atoms with van der Waals surface area (Å²) < 4.78 is 5.70. The zero-order valence-corrected chi connectivity index (χ0v) is 13.5. The van der Waals surface area contributed by atoms with Crippen LogP contribution in [0.4, 0.5) is 0 Å². The molecule has 0 saturated carbocycles. The molecule has 4 nitrogen and oxygen atoms in total. The number of ether oxygens (including phenoxy) is 1. The zero-order valence-electron chi connectivity index (χ0n) is 12.7. The van der Waals surface area contributed by atoms with Crippen LogP contribution in [-0.2, 0) is 9.53 Å². The Morgan fingerprint density at radius 2 is 1.95 bits per heavy atom. The number of carbonyl (C=O) groups is 1. The summed E-state index contributed by atoms with van der Waals surface area (Å²) in [4.78, 5) is 12.5. The van der Waals surface area contributed by atoms with Crippen molar-refractivity contribution < 1.29 is 9.53 Å². The summed E-state index contributed by atoms with van der Waals surface area (Å²) >= 11 is 1.84. The third-order valence-corrected chi connectivity index (χ3v) is 6.10. The van der Waals surface area contributed by atoms with E-state index in [1.54, 1.807) is 7.11 Å². The molecule has 0 aliphatic carbocycles. The molecule has 0 aromatic rings. The predicted molar refractivity (Wildman–Crippen MR) is 81.7 cm³/mol. The van der Waals surface area contributed by atoms with Crippen molar-refractivity contribution in [3.63, 3.8) is 0 Å². The van der Waals surface area contributed by atoms with E-state index in [0.29, 0.717) is 0 Å². The summed E-state index contributed by atoms with van der Waals surface area (Å²) in [7, 11) is 1.65. The van der Waals surface area contributed by atoms with E-state index in [-0.39, 0.29) is 10.7 Å². The molecular weight excluding hydrogens is 260 g/mol. The Hall–Kier alpha value is -0.260. The molecule has 0 bridgehead atoms. The summed E-state index contributed by atoms with van der Waals surface area (Å²) in [6, 6.07) is 0. The molecule has 5 heteroatoms. The zero-order chi connectivity index (χ0) is 14.4. The van der Waals surface area contributed by atoms with Crippen LogP contribution < -0.4 is 10.6 Å². The first-order chi connectivity index (χ1) is 9.08. The van der Waals surface area contributed by atoms with Crippen molar-refractivity contribution in [3.05, 3.63) is 0 Å². The molecule has 1 aliphatic heterocycles. The quantitative estimate of drug-likeness (QED) is 0.750. The second-order valence-electron chi connectivity index (χ2n) is 5.23. The number of hydrogen-bond donors (Lipinski definition) is 2. The highest BCUT2D eigenvalue weighted by molar-refractivity contribution is 8.00. The minimum absolute atomic E-state index is 0.0526. The lowest BCUT2D eigenvalue weighted by atomic mass is 9.90. The number of nitrogens with one attached hydrogen (secondary N) is 2. The molecule has 1 saturated heterocycles. The van der Waals surface area contributed by atoms with E-state index in [0.717, 1.165) is 45.3 Å². The number of amides is 1. The van der Waals surface area contributed by atoms with Crippen LogP contribution in [0.3, 0.4) is 0 Å². The molecule has 1 aliphatic rings. The van der Waals surface area contributed by atoms with Crippen molar-refractivity contribution in [2.45, 2.75) is 49.9 Å². The van der Waals surface area contributed by atoms with Crippen LogP contribution in [0.5, 0.6) is 0 Å². The molecule has 0 spiro atoms. The van der Waals surface area contributed by atoms with Crippen molar-refractivity contribution in [3.8, 4) is 0 Å². The Morgan fingerprint density at radius 1 is 1.37 bits per heavy atom. The van der Waals surface area contributed by atoms with Crippen LogP contribution in [0.25, 0.3) is 0 Å². The van der Waals surface area contributed by atoms with Gasteiger partial charge in [0.25, 0.3) is 5.91 Å². The number of carbonyl (C=O) groups excluding carboxylic acids is 1. The predicted octanol–water partition coefficient (Wildman–Crippen LogP) is 1.79. The van der Waals surface area contributed by atoms with Crippen molar-refractivity contribution in [2.24, 2.45) is 0 Å². The number of thioether (sulfide) groups is 1. The number of hydrogen-bond acceptors (Lipinski definition) is 4. The second kappa shape index (κ2) is 7.50. The molecule has 2 N–H and O–H groups in total. The first kappa shape index (κ1) is 16.8. The molecule has 1 heterocycles. The SMILES string of the molecule is CCC(CC)(CNC(=O)C1(OC)CCNCC1)SC. The monoisotopic (exact) mass is 288 g/mol. The molecule has 1 fully saturated rings. The van der Waals surface area contributed by atoms with E-state index < -0.39 is 5.60 Å². The normalized spacial score (nSPS) is 19.2. The Morgan fingerprint density at radius 3 is 2.37 bits per heavy atom. The highest BCUT2D eigenvalue weighted by atomic mass is 32.2. The third kappa shape index (κ3) is 3.86. The van der Waals surface area contributed by atoms with Crippen LogP contribution in [0.15, 0.2) is 0 Å².